The van der Waals surface area contributed by atoms with E-state index >= 15 is 0 Å². The van der Waals surface area contributed by atoms with Crippen LogP contribution >= 0.6 is 11.3 Å². The van der Waals surface area contributed by atoms with Crippen molar-refractivity contribution in [2.45, 2.75) is 44.6 Å². The Bertz CT molecular complexity index is 1310. The summed E-state index contributed by atoms with van der Waals surface area (Å²) in [5, 5.41) is 6.37. The number of alkyl halides is 6. The van der Waals surface area contributed by atoms with Crippen molar-refractivity contribution in [1.29, 1.82) is 0 Å². The fraction of sp³-hybridized carbons (Fsp3) is 0.458. The van der Waals surface area contributed by atoms with Crippen molar-refractivity contribution >= 4 is 34.7 Å². The third-order valence-corrected chi connectivity index (χ3v) is 6.68. The normalized spacial score (nSPS) is 15.2. The molecule has 3 heterocycles. The van der Waals surface area contributed by atoms with Gasteiger partial charge in [0.05, 0.1) is 18.5 Å². The summed E-state index contributed by atoms with van der Waals surface area (Å²) in [6.45, 7) is 1.70. The Hall–Kier alpha value is -3.53. The lowest BCUT2D eigenvalue weighted by molar-refractivity contribution is -0.154. The van der Waals surface area contributed by atoms with Gasteiger partial charge in [0.25, 0.3) is 0 Å². The van der Waals surface area contributed by atoms with Crippen LogP contribution in [0.25, 0.3) is 0 Å². The van der Waals surface area contributed by atoms with Crippen molar-refractivity contribution in [2.75, 3.05) is 36.9 Å². The molecule has 1 aliphatic rings. The molecule has 0 spiro atoms. The van der Waals surface area contributed by atoms with Crippen LogP contribution in [0.4, 0.5) is 43.9 Å². The number of aromatic nitrogens is 4. The molecule has 9 nitrogen and oxygen atoms in total. The number of ketones is 1. The van der Waals surface area contributed by atoms with Crippen LogP contribution in [0.2, 0.25) is 0 Å². The monoisotopic (exact) mass is 589 g/mol. The fourth-order valence-electron chi connectivity index (χ4n) is 3.97. The standard InChI is InChI=1S/C24H25F6N7O2S/c1-14-11-31-19(40-14)10-18(38)12-37-7-5-16(6-8-37)32-20-34-21(36-22(35-20)39-13-23(25,26)27)33-17-4-2-3-15(9-17)24(28,29)30/h2-4,9,11,16H,5-8,10,12-13H2,1H3,(H2,32,33,34,35,36). The number of rotatable bonds is 10. The van der Waals surface area contributed by atoms with Gasteiger partial charge in [-0.25, -0.2) is 4.98 Å². The first-order chi connectivity index (χ1) is 18.8. The maximum absolute atomic E-state index is 13.1. The Kier molecular flexibility index (Phi) is 9.08. The number of halogens is 6. The van der Waals surface area contributed by atoms with Gasteiger partial charge in [0.1, 0.15) is 5.01 Å². The summed E-state index contributed by atoms with van der Waals surface area (Å²) in [5.74, 6) is -0.347. The van der Waals surface area contributed by atoms with E-state index in [2.05, 4.69) is 35.3 Å². The topological polar surface area (TPSA) is 105 Å². The number of carbonyl (C=O) groups is 1. The van der Waals surface area contributed by atoms with Gasteiger partial charge < -0.3 is 15.4 Å². The van der Waals surface area contributed by atoms with E-state index in [9.17, 15) is 31.1 Å². The summed E-state index contributed by atoms with van der Waals surface area (Å²) in [5.41, 5.74) is -0.954. The molecule has 2 aromatic heterocycles. The molecule has 0 bridgehead atoms. The number of carbonyl (C=O) groups excluding carboxylic acids is 1. The van der Waals surface area contributed by atoms with Gasteiger partial charge in [-0.2, -0.15) is 41.3 Å². The molecule has 1 aromatic carbocycles. The number of aryl methyl sites for hydroxylation is 1. The summed E-state index contributed by atoms with van der Waals surface area (Å²) >= 11 is 1.48. The quantitative estimate of drug-likeness (QED) is 0.315. The Morgan fingerprint density at radius 2 is 1.82 bits per heavy atom. The molecule has 16 heteroatoms. The number of thiazole rings is 1. The summed E-state index contributed by atoms with van der Waals surface area (Å²) in [4.78, 5) is 31.5. The van der Waals surface area contributed by atoms with Crippen molar-refractivity contribution in [3.8, 4) is 6.01 Å². The average Bonchev–Trinajstić information content (AvgIpc) is 3.27. The largest absolute Gasteiger partial charge is 0.454 e. The summed E-state index contributed by atoms with van der Waals surface area (Å²) in [6, 6.07) is 3.37. The van der Waals surface area contributed by atoms with E-state index in [1.165, 1.54) is 23.5 Å². The lowest BCUT2D eigenvalue weighted by atomic mass is 10.0. The van der Waals surface area contributed by atoms with Gasteiger partial charge in [-0.3, -0.25) is 9.69 Å². The number of hydrogen-bond donors (Lipinski definition) is 2. The second-order valence-corrected chi connectivity index (χ2v) is 10.5. The van der Waals surface area contributed by atoms with Gasteiger partial charge in [-0.1, -0.05) is 6.07 Å². The first kappa shape index (κ1) is 29.5. The van der Waals surface area contributed by atoms with E-state index < -0.39 is 30.5 Å². The van der Waals surface area contributed by atoms with E-state index in [4.69, 9.17) is 0 Å². The minimum Gasteiger partial charge on any atom is -0.454 e. The number of anilines is 3. The third-order valence-electron chi connectivity index (χ3n) is 5.76. The zero-order valence-electron chi connectivity index (χ0n) is 21.1. The summed E-state index contributed by atoms with van der Waals surface area (Å²) in [6.07, 6.45) is -6.08. The number of nitrogens with one attached hydrogen (secondary N) is 2. The number of Topliss-reactive ketones (excluding diaryl/α,β-unsaturated/α-hetero) is 1. The number of hydrogen-bond acceptors (Lipinski definition) is 10. The number of likely N-dealkylation sites (tertiary alicyclic amines) is 1. The predicted octanol–water partition coefficient (Wildman–Crippen LogP) is 5.03. The Morgan fingerprint density at radius 3 is 2.48 bits per heavy atom. The number of piperidine rings is 1. The molecule has 0 unspecified atom stereocenters. The van der Waals surface area contributed by atoms with Gasteiger partial charge in [0.2, 0.25) is 11.9 Å². The molecule has 0 aliphatic carbocycles. The molecule has 40 heavy (non-hydrogen) atoms. The Labute approximate surface area is 229 Å². The van der Waals surface area contributed by atoms with Crippen LogP contribution in [-0.2, 0) is 17.4 Å². The average molecular weight is 590 g/mol. The Balaban J connectivity index is 1.40. The highest BCUT2D eigenvalue weighted by Gasteiger charge is 2.31. The van der Waals surface area contributed by atoms with Crippen LogP contribution < -0.4 is 15.4 Å². The minimum atomic E-state index is -4.66. The molecule has 1 aliphatic heterocycles. The third kappa shape index (κ3) is 9.01. The van der Waals surface area contributed by atoms with Crippen LogP contribution in [-0.4, -0.2) is 69.1 Å². The first-order valence-electron chi connectivity index (χ1n) is 12.1. The Morgan fingerprint density at radius 1 is 1.10 bits per heavy atom. The molecule has 1 fully saturated rings. The lowest BCUT2D eigenvalue weighted by Gasteiger charge is -2.31. The zero-order valence-corrected chi connectivity index (χ0v) is 22.0. The molecule has 216 valence electrons. The molecule has 3 aromatic rings. The molecular formula is C24H25F6N7O2S. The van der Waals surface area contributed by atoms with Crippen LogP contribution in [0.1, 0.15) is 28.3 Å². The molecule has 0 atom stereocenters. The maximum Gasteiger partial charge on any atom is 0.422 e. The minimum absolute atomic E-state index is 0.0281. The highest BCUT2D eigenvalue weighted by molar-refractivity contribution is 7.11. The highest BCUT2D eigenvalue weighted by atomic mass is 32.1. The van der Waals surface area contributed by atoms with Crippen LogP contribution in [0.15, 0.2) is 30.5 Å². The maximum atomic E-state index is 13.1. The molecule has 1 saturated heterocycles. The van der Waals surface area contributed by atoms with Gasteiger partial charge in [0.15, 0.2) is 12.4 Å². The van der Waals surface area contributed by atoms with E-state index in [0.29, 0.717) is 25.9 Å². The van der Waals surface area contributed by atoms with Crippen molar-refractivity contribution in [3.05, 3.63) is 45.9 Å². The van der Waals surface area contributed by atoms with Crippen LogP contribution in [0.5, 0.6) is 6.01 Å². The highest BCUT2D eigenvalue weighted by Crippen LogP contribution is 2.31. The summed E-state index contributed by atoms with van der Waals surface area (Å²) < 4.78 is 82.0. The van der Waals surface area contributed by atoms with Crippen molar-refractivity contribution in [3.63, 3.8) is 0 Å². The number of nitrogens with zero attached hydrogens (tertiary/aromatic N) is 5. The molecular weight excluding hydrogens is 564 g/mol. The van der Waals surface area contributed by atoms with E-state index in [1.807, 2.05) is 11.8 Å². The number of ether oxygens (including phenoxy) is 1. The van der Waals surface area contributed by atoms with Gasteiger partial charge in [0, 0.05) is 35.9 Å². The first-order valence-corrected chi connectivity index (χ1v) is 13.0. The van der Waals surface area contributed by atoms with E-state index in [0.717, 1.165) is 22.0 Å². The fourth-order valence-corrected chi connectivity index (χ4v) is 4.78. The second-order valence-electron chi connectivity index (χ2n) is 9.15. The van der Waals surface area contributed by atoms with Gasteiger partial charge in [-0.05, 0) is 38.0 Å². The van der Waals surface area contributed by atoms with Crippen molar-refractivity contribution in [1.82, 2.24) is 24.8 Å². The van der Waals surface area contributed by atoms with Gasteiger partial charge in [-0.15, -0.1) is 11.3 Å². The van der Waals surface area contributed by atoms with E-state index in [-0.39, 0.29) is 42.4 Å². The van der Waals surface area contributed by atoms with Crippen LogP contribution in [0.3, 0.4) is 0 Å². The zero-order chi connectivity index (χ0) is 28.9. The molecule has 2 N–H and O–H groups in total. The van der Waals surface area contributed by atoms with Crippen molar-refractivity contribution in [2.24, 2.45) is 0 Å². The summed E-state index contributed by atoms with van der Waals surface area (Å²) in [7, 11) is 0. The second kappa shape index (κ2) is 12.3. The van der Waals surface area contributed by atoms with Gasteiger partial charge >= 0.3 is 18.4 Å². The lowest BCUT2D eigenvalue weighted by Crippen LogP contribution is -2.42. The predicted molar refractivity (Wildman–Crippen MR) is 135 cm³/mol. The SMILES string of the molecule is Cc1cnc(CC(=O)CN2CCC(Nc3nc(Nc4cccc(C(F)(F)F)c4)nc(OCC(F)(F)F)n3)CC2)s1. The smallest absolute Gasteiger partial charge is 0.422 e. The molecule has 0 amide bonds. The molecule has 0 saturated carbocycles. The molecule has 0 radical (unpaired) electrons. The van der Waals surface area contributed by atoms with Crippen molar-refractivity contribution < 1.29 is 35.9 Å². The molecule has 4 rings (SSSR count). The van der Waals surface area contributed by atoms with Crippen LogP contribution in [0, 0.1) is 6.92 Å². The van der Waals surface area contributed by atoms with E-state index in [1.54, 1.807) is 6.20 Å². The number of benzene rings is 1.